The third kappa shape index (κ3) is 4.44. The van der Waals surface area contributed by atoms with Crippen LogP contribution in [0.5, 0.6) is 0 Å². The van der Waals surface area contributed by atoms with E-state index in [-0.39, 0.29) is 5.91 Å². The molecule has 0 radical (unpaired) electrons. The molecule has 4 rings (SSSR count). The molecule has 1 amide bonds. The van der Waals surface area contributed by atoms with Gasteiger partial charge in [0.1, 0.15) is 5.82 Å². The van der Waals surface area contributed by atoms with Crippen molar-refractivity contribution in [3.63, 3.8) is 0 Å². The Bertz CT molecular complexity index is 793. The number of piperidine rings is 1. The Labute approximate surface area is 167 Å². The second-order valence-electron chi connectivity index (χ2n) is 7.74. The number of likely N-dealkylation sites (tertiary alicyclic amines) is 1. The molecule has 2 fully saturated rings. The summed E-state index contributed by atoms with van der Waals surface area (Å²) >= 11 is 0. The molecule has 6 nitrogen and oxygen atoms in total. The number of nitrogens with zero attached hydrogens (tertiary/aromatic N) is 4. The lowest BCUT2D eigenvalue weighted by Crippen LogP contribution is -2.44. The molecule has 0 bridgehead atoms. The summed E-state index contributed by atoms with van der Waals surface area (Å²) in [6.07, 6.45) is 5.12. The zero-order chi connectivity index (χ0) is 19.3. The first-order chi connectivity index (χ1) is 13.7. The van der Waals surface area contributed by atoms with E-state index < -0.39 is 0 Å². The molecule has 148 valence electrons. The summed E-state index contributed by atoms with van der Waals surface area (Å²) in [4.78, 5) is 23.8. The molecule has 0 unspecified atom stereocenters. The molecule has 2 aromatic rings. The highest BCUT2D eigenvalue weighted by atomic mass is 16.2. The molecule has 2 aliphatic heterocycles. The maximum atomic E-state index is 12.7. The fraction of sp³-hybridized carbons (Fsp3) is 0.455. The Morgan fingerprint density at radius 3 is 2.36 bits per heavy atom. The second-order valence-corrected chi connectivity index (χ2v) is 7.74. The first-order valence-electron chi connectivity index (χ1n) is 10.2. The zero-order valence-electron chi connectivity index (χ0n) is 16.6. The van der Waals surface area contributed by atoms with Gasteiger partial charge < -0.3 is 20.0 Å². The zero-order valence-corrected chi connectivity index (χ0v) is 16.6. The molecule has 0 aliphatic carbocycles. The Morgan fingerprint density at radius 2 is 1.64 bits per heavy atom. The van der Waals surface area contributed by atoms with E-state index in [0.29, 0.717) is 11.4 Å². The number of anilines is 3. The molecule has 3 heterocycles. The second kappa shape index (κ2) is 8.61. The van der Waals surface area contributed by atoms with Crippen molar-refractivity contribution in [2.24, 2.45) is 0 Å². The van der Waals surface area contributed by atoms with Gasteiger partial charge in [0, 0.05) is 62.4 Å². The lowest BCUT2D eigenvalue weighted by Gasteiger charge is -2.34. The van der Waals surface area contributed by atoms with Gasteiger partial charge in [-0.3, -0.25) is 4.79 Å². The first-order valence-corrected chi connectivity index (χ1v) is 10.2. The van der Waals surface area contributed by atoms with Crippen LogP contribution in [0.2, 0.25) is 0 Å². The van der Waals surface area contributed by atoms with Crippen molar-refractivity contribution >= 4 is 23.1 Å². The minimum Gasteiger partial charge on any atom is -0.369 e. The average molecular weight is 380 g/mol. The van der Waals surface area contributed by atoms with Crippen LogP contribution in [0, 0.1) is 0 Å². The number of carbonyl (C=O) groups is 1. The number of amides is 1. The van der Waals surface area contributed by atoms with Gasteiger partial charge in [-0.15, -0.1) is 0 Å². The minimum absolute atomic E-state index is 0.107. The third-order valence-corrected chi connectivity index (χ3v) is 5.66. The minimum atomic E-state index is 0.107. The number of nitrogens with one attached hydrogen (secondary N) is 1. The molecular formula is C22H29N5O. The SMILES string of the molecule is CN1CCN(c2ccc(Nc3cc(C(=O)N4CCCCC4)ccn3)cc2)CC1. The van der Waals surface area contributed by atoms with Gasteiger partial charge in [0.2, 0.25) is 0 Å². The summed E-state index contributed by atoms with van der Waals surface area (Å²) < 4.78 is 0. The molecule has 1 N–H and O–H groups in total. The van der Waals surface area contributed by atoms with Crippen LogP contribution in [0.1, 0.15) is 29.6 Å². The van der Waals surface area contributed by atoms with Gasteiger partial charge in [-0.25, -0.2) is 4.98 Å². The number of piperazine rings is 1. The highest BCUT2D eigenvalue weighted by Gasteiger charge is 2.18. The van der Waals surface area contributed by atoms with Crippen LogP contribution in [0.4, 0.5) is 17.2 Å². The van der Waals surface area contributed by atoms with Crippen LogP contribution in [-0.4, -0.2) is 67.0 Å². The number of hydrogen-bond acceptors (Lipinski definition) is 5. The van der Waals surface area contributed by atoms with Gasteiger partial charge in [-0.05, 0) is 62.7 Å². The maximum Gasteiger partial charge on any atom is 0.254 e. The normalized spacial score (nSPS) is 18.2. The van der Waals surface area contributed by atoms with E-state index in [1.165, 1.54) is 12.1 Å². The van der Waals surface area contributed by atoms with Crippen LogP contribution in [0.3, 0.4) is 0 Å². The number of benzene rings is 1. The Morgan fingerprint density at radius 1 is 0.929 bits per heavy atom. The predicted molar refractivity (Wildman–Crippen MR) is 113 cm³/mol. The smallest absolute Gasteiger partial charge is 0.254 e. The first kappa shape index (κ1) is 18.7. The van der Waals surface area contributed by atoms with Crippen molar-refractivity contribution in [3.05, 3.63) is 48.2 Å². The molecule has 0 saturated carbocycles. The van der Waals surface area contributed by atoms with Crippen LogP contribution < -0.4 is 10.2 Å². The highest BCUT2D eigenvalue weighted by molar-refractivity contribution is 5.95. The molecule has 6 heteroatoms. The van der Waals surface area contributed by atoms with Crippen molar-refractivity contribution in [2.75, 3.05) is 56.5 Å². The molecular weight excluding hydrogens is 350 g/mol. The van der Waals surface area contributed by atoms with E-state index >= 15 is 0 Å². The monoisotopic (exact) mass is 379 g/mol. The summed E-state index contributed by atoms with van der Waals surface area (Å²) in [6, 6.07) is 12.1. The largest absolute Gasteiger partial charge is 0.369 e. The number of hydrogen-bond donors (Lipinski definition) is 1. The molecule has 1 aromatic heterocycles. The topological polar surface area (TPSA) is 51.7 Å². The molecule has 0 atom stereocenters. The van der Waals surface area contributed by atoms with E-state index in [9.17, 15) is 4.79 Å². The predicted octanol–water partition coefficient (Wildman–Crippen LogP) is 3.20. The fourth-order valence-electron chi connectivity index (χ4n) is 3.88. The van der Waals surface area contributed by atoms with E-state index in [0.717, 1.165) is 57.8 Å². The van der Waals surface area contributed by atoms with Gasteiger partial charge in [0.15, 0.2) is 0 Å². The van der Waals surface area contributed by atoms with Crippen LogP contribution >= 0.6 is 0 Å². The number of likely N-dealkylation sites (N-methyl/N-ethyl adjacent to an activating group) is 1. The van der Waals surface area contributed by atoms with E-state index in [1.807, 2.05) is 11.0 Å². The number of aromatic nitrogens is 1. The highest BCUT2D eigenvalue weighted by Crippen LogP contribution is 2.22. The van der Waals surface area contributed by atoms with Crippen molar-refractivity contribution in [1.82, 2.24) is 14.8 Å². The van der Waals surface area contributed by atoms with Crippen LogP contribution in [0.15, 0.2) is 42.6 Å². The quantitative estimate of drug-likeness (QED) is 0.884. The van der Waals surface area contributed by atoms with Gasteiger partial charge in [-0.1, -0.05) is 0 Å². The summed E-state index contributed by atoms with van der Waals surface area (Å²) in [5.74, 6) is 0.811. The van der Waals surface area contributed by atoms with Gasteiger partial charge >= 0.3 is 0 Å². The molecule has 0 spiro atoms. The molecule has 28 heavy (non-hydrogen) atoms. The molecule has 1 aromatic carbocycles. The lowest BCUT2D eigenvalue weighted by atomic mass is 10.1. The standard InChI is InChI=1S/C22H29N5O/c1-25-13-15-26(16-14-25)20-7-5-19(6-8-20)24-21-17-18(9-10-23-21)22(28)27-11-3-2-4-12-27/h5-10,17H,2-4,11-16H2,1H3,(H,23,24). The van der Waals surface area contributed by atoms with Gasteiger partial charge in [0.05, 0.1) is 0 Å². The Hall–Kier alpha value is -2.60. The number of carbonyl (C=O) groups excluding carboxylic acids is 1. The van der Waals surface area contributed by atoms with Crippen molar-refractivity contribution < 1.29 is 4.79 Å². The Balaban J connectivity index is 1.40. The molecule has 2 aliphatic rings. The van der Waals surface area contributed by atoms with Crippen molar-refractivity contribution in [1.29, 1.82) is 0 Å². The summed E-state index contributed by atoms with van der Waals surface area (Å²) in [5.41, 5.74) is 2.93. The fourth-order valence-corrected chi connectivity index (χ4v) is 3.88. The van der Waals surface area contributed by atoms with Gasteiger partial charge in [-0.2, -0.15) is 0 Å². The maximum absolute atomic E-state index is 12.7. The Kier molecular flexibility index (Phi) is 5.76. The lowest BCUT2D eigenvalue weighted by molar-refractivity contribution is 0.0724. The van der Waals surface area contributed by atoms with Gasteiger partial charge in [0.25, 0.3) is 5.91 Å². The summed E-state index contributed by atoms with van der Waals surface area (Å²) in [6.45, 7) is 6.04. The third-order valence-electron chi connectivity index (χ3n) is 5.66. The van der Waals surface area contributed by atoms with Crippen LogP contribution in [0.25, 0.3) is 0 Å². The van der Waals surface area contributed by atoms with Crippen molar-refractivity contribution in [3.8, 4) is 0 Å². The summed E-state index contributed by atoms with van der Waals surface area (Å²) in [5, 5.41) is 3.33. The number of pyridine rings is 1. The van der Waals surface area contributed by atoms with E-state index in [2.05, 4.69) is 51.4 Å². The van der Waals surface area contributed by atoms with Crippen LogP contribution in [-0.2, 0) is 0 Å². The van der Waals surface area contributed by atoms with E-state index in [1.54, 1.807) is 12.3 Å². The number of rotatable bonds is 4. The average Bonchev–Trinajstić information content (AvgIpc) is 2.75. The van der Waals surface area contributed by atoms with E-state index in [4.69, 9.17) is 0 Å². The van der Waals surface area contributed by atoms with Crippen molar-refractivity contribution in [2.45, 2.75) is 19.3 Å². The molecule has 2 saturated heterocycles. The summed E-state index contributed by atoms with van der Waals surface area (Å²) in [7, 11) is 2.17.